The van der Waals surface area contributed by atoms with Crippen molar-refractivity contribution in [1.29, 1.82) is 0 Å². The molecule has 0 saturated carbocycles. The Morgan fingerprint density at radius 2 is 1.53 bits per heavy atom. The number of ether oxygens (including phenoxy) is 1. The molecule has 1 aromatic rings. The van der Waals surface area contributed by atoms with Gasteiger partial charge in [-0.15, -0.1) is 0 Å². The SMILES string of the molecule is CC(C)[Si]1(C(C)C)OC[C@H]2O[C@@H](c3c[nH]c(=O)[nH]c3=O)[C@@H](O)[C@@H]2O[Si](C(C)C)(C(C)C)O1. The van der Waals surface area contributed by atoms with Gasteiger partial charge in [0.25, 0.3) is 5.56 Å². The molecule has 0 unspecified atom stereocenters. The molecule has 0 spiro atoms. The lowest BCUT2D eigenvalue weighted by Gasteiger charge is -2.51. The van der Waals surface area contributed by atoms with Gasteiger partial charge >= 0.3 is 22.8 Å². The summed E-state index contributed by atoms with van der Waals surface area (Å²) in [6.45, 7) is 17.2. The van der Waals surface area contributed by atoms with Crippen LogP contribution in [0.2, 0.25) is 22.2 Å². The quantitative estimate of drug-likeness (QED) is 0.547. The summed E-state index contributed by atoms with van der Waals surface area (Å²) in [5.41, 5.74) is -0.443. The van der Waals surface area contributed by atoms with Gasteiger partial charge in [-0.05, 0) is 22.2 Å². The van der Waals surface area contributed by atoms with E-state index in [0.717, 1.165) is 0 Å². The third-order valence-electron chi connectivity index (χ3n) is 6.82. The van der Waals surface area contributed by atoms with E-state index in [9.17, 15) is 14.7 Å². The van der Waals surface area contributed by atoms with Crippen LogP contribution in [0.5, 0.6) is 0 Å². The normalized spacial score (nSPS) is 30.0. The molecule has 0 aliphatic carbocycles. The molecule has 2 aliphatic rings. The molecule has 2 aliphatic heterocycles. The van der Waals surface area contributed by atoms with Crippen LogP contribution in [0.3, 0.4) is 0 Å². The molecular formula is C21H38N2O7Si2. The molecule has 32 heavy (non-hydrogen) atoms. The van der Waals surface area contributed by atoms with E-state index in [1.807, 2.05) is 0 Å². The predicted molar refractivity (Wildman–Crippen MR) is 125 cm³/mol. The highest BCUT2D eigenvalue weighted by Crippen LogP contribution is 2.48. The summed E-state index contributed by atoms with van der Waals surface area (Å²) in [5, 5.41) is 11.2. The van der Waals surface area contributed by atoms with Crippen molar-refractivity contribution >= 4 is 17.1 Å². The van der Waals surface area contributed by atoms with E-state index in [4.69, 9.17) is 17.7 Å². The molecule has 11 heteroatoms. The Morgan fingerprint density at radius 3 is 2.03 bits per heavy atom. The average Bonchev–Trinajstić information content (AvgIpc) is 2.96. The Bertz CT molecular complexity index is 898. The van der Waals surface area contributed by atoms with Crippen LogP contribution in [0.1, 0.15) is 67.1 Å². The standard InChI is InChI=1S/C21H38N2O7Si2/c1-11(2)31(12(3)4)27-10-16-19(29-32(30-31,13(5)6)14(7)8)17(24)18(28-16)15-9-22-21(26)23-20(15)25/h9,11-14,16-19,24H,10H2,1-8H3,(H2,22,23,25,26)/t16-,17-,18+,19-/m1/s1. The number of rotatable bonds is 5. The van der Waals surface area contributed by atoms with Gasteiger partial charge in [-0.25, -0.2) is 4.79 Å². The maximum atomic E-state index is 12.4. The van der Waals surface area contributed by atoms with Crippen LogP contribution in [0.15, 0.2) is 15.8 Å². The van der Waals surface area contributed by atoms with Gasteiger partial charge < -0.3 is 27.8 Å². The third-order valence-corrected chi connectivity index (χ3v) is 17.1. The zero-order valence-corrected chi connectivity index (χ0v) is 22.3. The lowest BCUT2D eigenvalue weighted by Crippen LogP contribution is -2.65. The second-order valence-corrected chi connectivity index (χ2v) is 19.0. The maximum Gasteiger partial charge on any atom is 0.335 e. The summed E-state index contributed by atoms with van der Waals surface area (Å²) in [5.74, 6) is 0. The van der Waals surface area contributed by atoms with Gasteiger partial charge in [0.05, 0.1) is 12.2 Å². The van der Waals surface area contributed by atoms with Crippen LogP contribution >= 0.6 is 0 Å². The third kappa shape index (κ3) is 4.24. The molecule has 182 valence electrons. The zero-order chi connectivity index (χ0) is 24.0. The largest absolute Gasteiger partial charge is 0.414 e. The van der Waals surface area contributed by atoms with E-state index in [-0.39, 0.29) is 34.3 Å². The first-order chi connectivity index (χ1) is 14.9. The van der Waals surface area contributed by atoms with Crippen molar-refractivity contribution < 1.29 is 22.8 Å². The van der Waals surface area contributed by atoms with E-state index in [1.165, 1.54) is 6.20 Å². The molecular weight excluding hydrogens is 448 g/mol. The van der Waals surface area contributed by atoms with Crippen LogP contribution in [-0.4, -0.2) is 57.1 Å². The molecule has 4 atom stereocenters. The topological polar surface area (TPSA) is 123 Å². The van der Waals surface area contributed by atoms with Crippen LogP contribution in [0, 0.1) is 0 Å². The van der Waals surface area contributed by atoms with Gasteiger partial charge in [-0.1, -0.05) is 55.4 Å². The smallest absolute Gasteiger partial charge is 0.335 e. The summed E-state index contributed by atoms with van der Waals surface area (Å²) in [4.78, 5) is 28.5. The number of fused-ring (bicyclic) bond motifs is 1. The summed E-state index contributed by atoms with van der Waals surface area (Å²) in [7, 11) is -5.63. The fourth-order valence-corrected chi connectivity index (χ4v) is 16.3. The Labute approximate surface area is 191 Å². The molecule has 9 nitrogen and oxygen atoms in total. The number of H-pyrrole nitrogens is 2. The van der Waals surface area contributed by atoms with Crippen molar-refractivity contribution in [3.05, 3.63) is 32.6 Å². The zero-order valence-electron chi connectivity index (χ0n) is 20.3. The molecule has 2 fully saturated rings. The van der Waals surface area contributed by atoms with Gasteiger partial charge in [-0.3, -0.25) is 9.78 Å². The maximum absolute atomic E-state index is 12.4. The minimum atomic E-state index is -2.91. The molecule has 0 aromatic carbocycles. The van der Waals surface area contributed by atoms with Gasteiger partial charge in [-0.2, -0.15) is 0 Å². The van der Waals surface area contributed by atoms with Crippen molar-refractivity contribution in [3.8, 4) is 0 Å². The Morgan fingerprint density at radius 1 is 0.969 bits per heavy atom. The van der Waals surface area contributed by atoms with Crippen LogP contribution in [-0.2, 0) is 17.7 Å². The second kappa shape index (κ2) is 9.28. The summed E-state index contributed by atoms with van der Waals surface area (Å²) in [6.07, 6.45) is -2.00. The number of nitrogens with one attached hydrogen (secondary N) is 2. The van der Waals surface area contributed by atoms with Gasteiger partial charge in [0, 0.05) is 6.20 Å². The number of aromatic nitrogens is 2. The highest BCUT2D eigenvalue weighted by Gasteiger charge is 2.61. The van der Waals surface area contributed by atoms with Gasteiger partial charge in [0.1, 0.15) is 24.4 Å². The van der Waals surface area contributed by atoms with E-state index in [2.05, 4.69) is 65.4 Å². The Balaban J connectivity index is 2.08. The van der Waals surface area contributed by atoms with E-state index in [1.54, 1.807) is 0 Å². The molecule has 3 rings (SSSR count). The van der Waals surface area contributed by atoms with Crippen molar-refractivity contribution in [3.63, 3.8) is 0 Å². The van der Waals surface area contributed by atoms with E-state index >= 15 is 0 Å². The van der Waals surface area contributed by atoms with Crippen molar-refractivity contribution in [2.45, 2.75) is 102 Å². The monoisotopic (exact) mass is 486 g/mol. The van der Waals surface area contributed by atoms with E-state index < -0.39 is 52.8 Å². The van der Waals surface area contributed by atoms with Crippen LogP contribution in [0.25, 0.3) is 0 Å². The van der Waals surface area contributed by atoms with Gasteiger partial charge in [0.15, 0.2) is 0 Å². The van der Waals surface area contributed by atoms with Crippen molar-refractivity contribution in [2.24, 2.45) is 0 Å². The van der Waals surface area contributed by atoms with Crippen molar-refractivity contribution in [1.82, 2.24) is 9.97 Å². The second-order valence-electron chi connectivity index (χ2n) is 10.2. The number of aliphatic hydroxyl groups excluding tert-OH is 1. The van der Waals surface area contributed by atoms with Crippen molar-refractivity contribution in [2.75, 3.05) is 6.61 Å². The summed E-state index contributed by atoms with van der Waals surface area (Å²) in [6, 6.07) is 0. The first kappa shape index (κ1) is 25.5. The molecule has 0 bridgehead atoms. The number of hydrogen-bond acceptors (Lipinski definition) is 7. The molecule has 3 N–H and O–H groups in total. The fraction of sp³-hybridized carbons (Fsp3) is 0.810. The first-order valence-electron chi connectivity index (χ1n) is 11.5. The number of aliphatic hydroxyl groups is 1. The highest BCUT2D eigenvalue weighted by atomic mass is 28.5. The van der Waals surface area contributed by atoms with Gasteiger partial charge in [0.2, 0.25) is 0 Å². The molecule has 3 heterocycles. The van der Waals surface area contributed by atoms with E-state index in [0.29, 0.717) is 0 Å². The lowest BCUT2D eigenvalue weighted by molar-refractivity contribution is -0.0393. The average molecular weight is 487 g/mol. The number of aromatic amines is 2. The first-order valence-corrected chi connectivity index (χ1v) is 15.5. The summed E-state index contributed by atoms with van der Waals surface area (Å²) >= 11 is 0. The predicted octanol–water partition coefficient (Wildman–Crippen LogP) is 2.82. The minimum absolute atomic E-state index is 0.108. The van der Waals surface area contributed by atoms with Crippen LogP contribution in [0.4, 0.5) is 0 Å². The number of hydrogen-bond donors (Lipinski definition) is 3. The molecule has 1 aromatic heterocycles. The fourth-order valence-electron chi connectivity index (χ4n) is 5.05. The minimum Gasteiger partial charge on any atom is -0.414 e. The summed E-state index contributed by atoms with van der Waals surface area (Å²) < 4.78 is 26.7. The Hall–Kier alpha value is -1.09. The molecule has 0 radical (unpaired) electrons. The highest BCUT2D eigenvalue weighted by molar-refractivity contribution is 6.83. The molecule has 0 amide bonds. The Kier molecular flexibility index (Phi) is 7.40. The lowest BCUT2D eigenvalue weighted by atomic mass is 10.0. The van der Waals surface area contributed by atoms with Crippen LogP contribution < -0.4 is 11.2 Å². The molecule has 2 saturated heterocycles.